The maximum atomic E-state index is 5.01. The Morgan fingerprint density at radius 1 is 0.542 bits per heavy atom. The average Bonchev–Trinajstić information content (AvgIpc) is 3.26. The zero-order chi connectivity index (χ0) is 17.1. The van der Waals surface area contributed by atoms with E-state index in [9.17, 15) is 0 Å². The summed E-state index contributed by atoms with van der Waals surface area (Å²) < 4.78 is 5.01. The maximum absolute atomic E-state index is 5.01. The Hall–Kier alpha value is -0.120. The highest BCUT2D eigenvalue weighted by atomic mass is 16.5. The van der Waals surface area contributed by atoms with Crippen molar-refractivity contribution in [3.8, 4) is 0 Å². The van der Waals surface area contributed by atoms with Gasteiger partial charge in [-0.2, -0.15) is 0 Å². The minimum atomic E-state index is 0.889. The van der Waals surface area contributed by atoms with Crippen molar-refractivity contribution in [2.45, 2.75) is 90.4 Å². The molecule has 0 radical (unpaired) electrons. The largest absolute Gasteiger partial charge is 0.379 e. The van der Waals surface area contributed by atoms with Gasteiger partial charge in [-0.3, -0.25) is 0 Å². The van der Waals surface area contributed by atoms with Gasteiger partial charge in [0.15, 0.2) is 0 Å². The summed E-state index contributed by atoms with van der Waals surface area (Å²) in [5.41, 5.74) is 0. The third-order valence-corrected chi connectivity index (χ3v) is 5.20. The molecule has 0 aromatic carbocycles. The van der Waals surface area contributed by atoms with E-state index in [4.69, 9.17) is 4.74 Å². The third-order valence-electron chi connectivity index (χ3n) is 5.20. The fourth-order valence-corrected chi connectivity index (χ4v) is 3.51. The summed E-state index contributed by atoms with van der Waals surface area (Å²) in [6.45, 7) is 8.69. The van der Waals surface area contributed by atoms with E-state index in [1.54, 1.807) is 0 Å². The molecule has 24 heavy (non-hydrogen) atoms. The third kappa shape index (κ3) is 15.4. The summed E-state index contributed by atoms with van der Waals surface area (Å²) in [6.07, 6.45) is 19.2. The molecule has 0 unspecified atom stereocenters. The van der Waals surface area contributed by atoms with E-state index in [1.807, 2.05) is 0 Å². The Balaban J connectivity index is 0.000000161. The Morgan fingerprint density at radius 3 is 1.17 bits per heavy atom. The molecule has 2 N–H and O–H groups in total. The van der Waals surface area contributed by atoms with Gasteiger partial charge in [0.1, 0.15) is 0 Å². The van der Waals surface area contributed by atoms with Crippen LogP contribution in [-0.2, 0) is 4.74 Å². The van der Waals surface area contributed by atoms with Gasteiger partial charge in [-0.15, -0.1) is 0 Å². The van der Waals surface area contributed by atoms with Crippen LogP contribution in [0.3, 0.4) is 0 Å². The van der Waals surface area contributed by atoms with E-state index in [0.717, 1.165) is 32.2 Å². The highest BCUT2D eigenvalue weighted by molar-refractivity contribution is 4.59. The number of hydrogen-bond donors (Lipinski definition) is 2. The van der Waals surface area contributed by atoms with E-state index in [-0.39, 0.29) is 0 Å². The van der Waals surface area contributed by atoms with Gasteiger partial charge in [-0.25, -0.2) is 0 Å². The molecule has 0 spiro atoms. The Bertz CT molecular complexity index is 187. The molecule has 4 aliphatic rings. The Labute approximate surface area is 151 Å². The van der Waals surface area contributed by atoms with Crippen molar-refractivity contribution in [3.63, 3.8) is 0 Å². The van der Waals surface area contributed by atoms with Gasteiger partial charge < -0.3 is 15.4 Å². The summed E-state index contributed by atoms with van der Waals surface area (Å²) in [6, 6.07) is 0. The Morgan fingerprint density at radius 2 is 0.958 bits per heavy atom. The van der Waals surface area contributed by atoms with Crippen LogP contribution in [0.15, 0.2) is 0 Å². The lowest BCUT2D eigenvalue weighted by Gasteiger charge is -2.15. The van der Waals surface area contributed by atoms with Crippen LogP contribution < -0.4 is 10.6 Å². The molecule has 0 aromatic heterocycles. The van der Waals surface area contributed by atoms with Gasteiger partial charge in [0, 0.05) is 13.1 Å². The molecule has 2 aliphatic heterocycles. The molecule has 0 amide bonds. The van der Waals surface area contributed by atoms with Gasteiger partial charge >= 0.3 is 0 Å². The molecule has 3 nitrogen and oxygen atoms in total. The lowest BCUT2D eigenvalue weighted by Crippen LogP contribution is -2.30. The molecule has 0 aromatic rings. The lowest BCUT2D eigenvalue weighted by atomic mass is 9.91. The van der Waals surface area contributed by atoms with Crippen LogP contribution >= 0.6 is 0 Å². The molecular weight excluding hydrogens is 296 g/mol. The van der Waals surface area contributed by atoms with E-state index in [0.29, 0.717) is 0 Å². The highest BCUT2D eigenvalue weighted by Crippen LogP contribution is 2.22. The zero-order valence-electron chi connectivity index (χ0n) is 16.4. The molecule has 2 saturated heterocycles. The predicted molar refractivity (Wildman–Crippen MR) is 106 cm³/mol. The molecule has 0 bridgehead atoms. The molecule has 2 aliphatic carbocycles. The van der Waals surface area contributed by atoms with Crippen LogP contribution in [0.4, 0.5) is 0 Å². The van der Waals surface area contributed by atoms with E-state index in [1.165, 1.54) is 96.6 Å². The molecule has 2 heterocycles. The molecule has 0 atom stereocenters. The molecule has 144 valence electrons. The fourth-order valence-electron chi connectivity index (χ4n) is 3.51. The first kappa shape index (κ1) is 21.9. The molecule has 3 heteroatoms. The minimum absolute atomic E-state index is 0.889. The molecule has 4 fully saturated rings. The predicted octanol–water partition coefficient (Wildman–Crippen LogP) is 4.90. The second-order valence-corrected chi connectivity index (χ2v) is 7.68. The van der Waals surface area contributed by atoms with Crippen molar-refractivity contribution >= 4 is 0 Å². The van der Waals surface area contributed by atoms with Gasteiger partial charge in [0.2, 0.25) is 0 Å². The van der Waals surface area contributed by atoms with Gasteiger partial charge in [-0.1, -0.05) is 77.6 Å². The normalized spacial score (nSPS) is 24.4. The number of ether oxygens (including phenoxy) is 1. The SMILES string of the molecule is C1CCCCC1.C1CCNC1.C1COCCN1.CC1CCCCC1. The van der Waals surface area contributed by atoms with E-state index >= 15 is 0 Å². The van der Waals surface area contributed by atoms with Crippen LogP contribution in [0, 0.1) is 5.92 Å². The molecule has 4 rings (SSSR count). The molecular formula is C21H44N2O. The van der Waals surface area contributed by atoms with Crippen LogP contribution in [0.1, 0.15) is 90.4 Å². The smallest absolute Gasteiger partial charge is 0.0591 e. The average molecular weight is 341 g/mol. The van der Waals surface area contributed by atoms with Gasteiger partial charge in [-0.05, 0) is 31.8 Å². The number of morpholine rings is 1. The van der Waals surface area contributed by atoms with Crippen molar-refractivity contribution in [2.75, 3.05) is 39.4 Å². The Kier molecular flexibility index (Phi) is 16.2. The topological polar surface area (TPSA) is 33.3 Å². The summed E-state index contributed by atoms with van der Waals surface area (Å²) >= 11 is 0. The standard InChI is InChI=1S/C7H14.C6H12.C4H9NO.C4H9N/c1-7-5-3-2-4-6-7;1-2-4-6-5-3-1;1-3-6-4-2-5-1;1-2-4-5-3-1/h7H,2-6H2,1H3;1-6H2;5H,1-4H2;5H,1-4H2. The number of hydrogen-bond acceptors (Lipinski definition) is 3. The maximum Gasteiger partial charge on any atom is 0.0591 e. The summed E-state index contributed by atoms with van der Waals surface area (Å²) in [5.74, 6) is 1.04. The first-order valence-corrected chi connectivity index (χ1v) is 10.9. The highest BCUT2D eigenvalue weighted by Gasteiger charge is 2.06. The van der Waals surface area contributed by atoms with E-state index in [2.05, 4.69) is 17.6 Å². The van der Waals surface area contributed by atoms with Crippen LogP contribution in [0.2, 0.25) is 0 Å². The summed E-state index contributed by atoms with van der Waals surface area (Å²) in [4.78, 5) is 0. The molecule has 2 saturated carbocycles. The van der Waals surface area contributed by atoms with E-state index < -0.39 is 0 Å². The van der Waals surface area contributed by atoms with Gasteiger partial charge in [0.05, 0.1) is 13.2 Å². The first-order valence-electron chi connectivity index (χ1n) is 10.9. The van der Waals surface area contributed by atoms with Crippen LogP contribution in [0.25, 0.3) is 0 Å². The minimum Gasteiger partial charge on any atom is -0.379 e. The monoisotopic (exact) mass is 340 g/mol. The van der Waals surface area contributed by atoms with Crippen LogP contribution in [0.5, 0.6) is 0 Å². The van der Waals surface area contributed by atoms with Crippen LogP contribution in [-0.4, -0.2) is 39.4 Å². The summed E-state index contributed by atoms with van der Waals surface area (Å²) in [7, 11) is 0. The van der Waals surface area contributed by atoms with Crippen molar-refractivity contribution in [1.29, 1.82) is 0 Å². The zero-order valence-corrected chi connectivity index (χ0v) is 16.4. The fraction of sp³-hybridized carbons (Fsp3) is 1.00. The van der Waals surface area contributed by atoms with Crippen molar-refractivity contribution in [1.82, 2.24) is 10.6 Å². The quantitative estimate of drug-likeness (QED) is 0.658. The first-order chi connectivity index (χ1) is 11.9. The lowest BCUT2D eigenvalue weighted by molar-refractivity contribution is 0.109. The summed E-state index contributed by atoms with van der Waals surface area (Å²) in [5, 5.41) is 6.38. The second kappa shape index (κ2) is 17.7. The van der Waals surface area contributed by atoms with Crippen molar-refractivity contribution < 1.29 is 4.74 Å². The van der Waals surface area contributed by atoms with Gasteiger partial charge in [0.25, 0.3) is 0 Å². The van der Waals surface area contributed by atoms with Crippen molar-refractivity contribution in [2.24, 2.45) is 5.92 Å². The second-order valence-electron chi connectivity index (χ2n) is 7.68. The van der Waals surface area contributed by atoms with Crippen molar-refractivity contribution in [3.05, 3.63) is 0 Å². The number of nitrogens with one attached hydrogen (secondary N) is 2. The number of rotatable bonds is 0.